The van der Waals surface area contributed by atoms with Gasteiger partial charge < -0.3 is 19.5 Å². The van der Waals surface area contributed by atoms with Crippen molar-refractivity contribution in [2.24, 2.45) is 0 Å². The van der Waals surface area contributed by atoms with Gasteiger partial charge in [0, 0.05) is 51.7 Å². The van der Waals surface area contributed by atoms with Crippen LogP contribution in [0.25, 0.3) is 0 Å². The molecule has 0 spiro atoms. The predicted molar refractivity (Wildman–Crippen MR) is 174 cm³/mol. The van der Waals surface area contributed by atoms with Crippen molar-refractivity contribution in [2.75, 3.05) is 33.0 Å². The standard InChI is InChI=1S/C35H61N3O6/c1-4-6-7-8-9-10-11-12-13-14-15-16-17-18-20-25-36-34(40)43-29-22-27-42-28-23-30-44-35(41)38(32(3)39)31-33-24-19-21-26-37(33)5-2/h19,21,24,26H,4-18,20,22-23,25,27-31H2,1-3H3/p+1. The Hall–Kier alpha value is -2.68. The largest absolute Gasteiger partial charge is 0.449 e. The fourth-order valence-electron chi connectivity index (χ4n) is 4.99. The summed E-state index contributed by atoms with van der Waals surface area (Å²) in [5.41, 5.74) is 0.853. The Bertz CT molecular complexity index is 882. The van der Waals surface area contributed by atoms with Crippen molar-refractivity contribution in [3.05, 3.63) is 30.1 Å². The number of aryl methyl sites for hydroxylation is 1. The van der Waals surface area contributed by atoms with Crippen molar-refractivity contribution in [3.63, 3.8) is 0 Å². The van der Waals surface area contributed by atoms with Gasteiger partial charge in [-0.05, 0) is 13.3 Å². The zero-order chi connectivity index (χ0) is 32.1. The quantitative estimate of drug-likeness (QED) is 0.0794. The molecule has 1 aromatic rings. The van der Waals surface area contributed by atoms with Gasteiger partial charge >= 0.3 is 12.2 Å². The SMILES string of the molecule is CCCCCCCCCCCCCCCCCNC(=O)OCCCOCCCOC(=O)N(Cc1cccc[n+]1CC)C(C)=O. The van der Waals surface area contributed by atoms with E-state index in [2.05, 4.69) is 12.2 Å². The summed E-state index contributed by atoms with van der Waals surface area (Å²) >= 11 is 0. The highest BCUT2D eigenvalue weighted by Crippen LogP contribution is 2.13. The van der Waals surface area contributed by atoms with Crippen molar-refractivity contribution >= 4 is 18.1 Å². The second-order valence-corrected chi connectivity index (χ2v) is 11.5. The highest BCUT2D eigenvalue weighted by molar-refractivity contribution is 5.90. The molecular formula is C35H62N3O6+. The zero-order valence-corrected chi connectivity index (χ0v) is 28.1. The minimum Gasteiger partial charge on any atom is -0.449 e. The molecule has 0 saturated heterocycles. The molecule has 0 unspecified atom stereocenters. The summed E-state index contributed by atoms with van der Waals surface area (Å²) in [7, 11) is 0. The molecule has 0 saturated carbocycles. The van der Waals surface area contributed by atoms with Crippen molar-refractivity contribution < 1.29 is 33.2 Å². The predicted octanol–water partition coefficient (Wildman–Crippen LogP) is 7.87. The number of carbonyl (C=O) groups is 3. The summed E-state index contributed by atoms with van der Waals surface area (Å²) in [5.74, 6) is -0.364. The van der Waals surface area contributed by atoms with Crippen LogP contribution in [0.2, 0.25) is 0 Å². The lowest BCUT2D eigenvalue weighted by atomic mass is 10.0. The number of carbonyl (C=O) groups excluding carboxylic acids is 3. The van der Waals surface area contributed by atoms with Crippen LogP contribution in [0.4, 0.5) is 9.59 Å². The summed E-state index contributed by atoms with van der Waals surface area (Å²) in [6.07, 6.45) is 21.8. The fraction of sp³-hybridized carbons (Fsp3) is 0.771. The molecule has 0 atom stereocenters. The molecule has 1 aromatic heterocycles. The third-order valence-electron chi connectivity index (χ3n) is 7.67. The van der Waals surface area contributed by atoms with E-state index in [1.807, 2.05) is 35.9 Å². The van der Waals surface area contributed by atoms with Crippen LogP contribution in [0.15, 0.2) is 24.4 Å². The summed E-state index contributed by atoms with van der Waals surface area (Å²) < 4.78 is 18.0. The van der Waals surface area contributed by atoms with Gasteiger partial charge in [-0.1, -0.05) is 103 Å². The monoisotopic (exact) mass is 620 g/mol. The van der Waals surface area contributed by atoms with E-state index in [4.69, 9.17) is 14.2 Å². The Morgan fingerprint density at radius 1 is 0.705 bits per heavy atom. The van der Waals surface area contributed by atoms with Gasteiger partial charge in [0.1, 0.15) is 13.1 Å². The normalized spacial score (nSPS) is 10.9. The van der Waals surface area contributed by atoms with E-state index in [-0.39, 0.29) is 25.2 Å². The van der Waals surface area contributed by atoms with Gasteiger partial charge in [-0.2, -0.15) is 0 Å². The summed E-state index contributed by atoms with van der Waals surface area (Å²) in [6, 6.07) is 5.67. The van der Waals surface area contributed by atoms with Gasteiger partial charge in [0.25, 0.3) is 0 Å². The maximum Gasteiger partial charge on any atom is 0.417 e. The Kier molecular flexibility index (Phi) is 24.9. The zero-order valence-electron chi connectivity index (χ0n) is 28.1. The third kappa shape index (κ3) is 21.1. The number of amides is 3. The number of rotatable bonds is 27. The summed E-state index contributed by atoms with van der Waals surface area (Å²) in [6.45, 7) is 8.49. The van der Waals surface area contributed by atoms with Crippen molar-refractivity contribution in [3.8, 4) is 0 Å². The lowest BCUT2D eigenvalue weighted by Crippen LogP contribution is -2.43. The van der Waals surface area contributed by atoms with Gasteiger partial charge in [0.15, 0.2) is 6.20 Å². The number of ether oxygens (including phenoxy) is 3. The summed E-state index contributed by atoms with van der Waals surface area (Å²) in [5, 5.41) is 2.82. The third-order valence-corrected chi connectivity index (χ3v) is 7.67. The van der Waals surface area contributed by atoms with Crippen molar-refractivity contribution in [1.82, 2.24) is 10.2 Å². The molecule has 1 heterocycles. The molecule has 0 aliphatic carbocycles. The Balaban J connectivity index is 1.90. The lowest BCUT2D eigenvalue weighted by molar-refractivity contribution is -0.701. The molecule has 0 fully saturated rings. The summed E-state index contributed by atoms with van der Waals surface area (Å²) in [4.78, 5) is 37.4. The molecule has 0 radical (unpaired) electrons. The highest BCUT2D eigenvalue weighted by atomic mass is 16.6. The maximum atomic E-state index is 12.4. The first-order valence-corrected chi connectivity index (χ1v) is 17.4. The smallest absolute Gasteiger partial charge is 0.417 e. The molecule has 0 aliphatic rings. The number of nitrogens with zero attached hydrogens (tertiary/aromatic N) is 2. The lowest BCUT2D eigenvalue weighted by Gasteiger charge is -2.17. The number of pyridine rings is 1. The van der Waals surface area contributed by atoms with Gasteiger partial charge in [-0.15, -0.1) is 0 Å². The Labute approximate surface area is 267 Å². The van der Waals surface area contributed by atoms with E-state index >= 15 is 0 Å². The van der Waals surface area contributed by atoms with E-state index in [0.717, 1.165) is 30.0 Å². The average Bonchev–Trinajstić information content (AvgIpc) is 3.02. The number of hydrogen-bond donors (Lipinski definition) is 1. The minimum atomic E-state index is -0.659. The number of nitrogens with one attached hydrogen (secondary N) is 1. The van der Waals surface area contributed by atoms with Crippen LogP contribution in [0.1, 0.15) is 136 Å². The number of aromatic nitrogens is 1. The molecule has 1 rings (SSSR count). The highest BCUT2D eigenvalue weighted by Gasteiger charge is 2.23. The van der Waals surface area contributed by atoms with E-state index in [0.29, 0.717) is 39.2 Å². The molecule has 0 aliphatic heterocycles. The maximum absolute atomic E-state index is 12.4. The Morgan fingerprint density at radius 2 is 1.25 bits per heavy atom. The number of imide groups is 1. The van der Waals surface area contributed by atoms with Gasteiger partial charge in [0.2, 0.25) is 11.6 Å². The number of hydrogen-bond acceptors (Lipinski definition) is 6. The van der Waals surface area contributed by atoms with E-state index in [1.54, 1.807) is 0 Å². The van der Waals surface area contributed by atoms with E-state index < -0.39 is 6.09 Å². The topological polar surface area (TPSA) is 98.1 Å². The average molecular weight is 621 g/mol. The molecule has 0 aromatic carbocycles. The Morgan fingerprint density at radius 3 is 1.80 bits per heavy atom. The molecule has 9 nitrogen and oxygen atoms in total. The molecule has 3 amide bonds. The van der Waals surface area contributed by atoms with Crippen LogP contribution >= 0.6 is 0 Å². The van der Waals surface area contributed by atoms with Crippen LogP contribution in [0.5, 0.6) is 0 Å². The van der Waals surface area contributed by atoms with Gasteiger partial charge in [-0.25, -0.2) is 19.1 Å². The number of alkyl carbamates (subject to hydrolysis) is 1. The van der Waals surface area contributed by atoms with Gasteiger partial charge in [0.05, 0.1) is 13.2 Å². The van der Waals surface area contributed by atoms with Crippen LogP contribution in [0, 0.1) is 0 Å². The van der Waals surface area contributed by atoms with Crippen LogP contribution in [-0.4, -0.2) is 56.0 Å². The second kappa shape index (κ2) is 27.8. The van der Waals surface area contributed by atoms with Crippen LogP contribution in [-0.2, 0) is 32.1 Å². The van der Waals surface area contributed by atoms with Crippen LogP contribution in [0.3, 0.4) is 0 Å². The molecule has 9 heteroatoms. The van der Waals surface area contributed by atoms with Gasteiger partial charge in [-0.3, -0.25) is 4.79 Å². The molecule has 252 valence electrons. The van der Waals surface area contributed by atoms with Crippen molar-refractivity contribution in [1.29, 1.82) is 0 Å². The fourth-order valence-corrected chi connectivity index (χ4v) is 4.99. The van der Waals surface area contributed by atoms with Crippen LogP contribution < -0.4 is 9.88 Å². The minimum absolute atomic E-state index is 0.156. The molecule has 1 N–H and O–H groups in total. The molecular weight excluding hydrogens is 558 g/mol. The first kappa shape index (κ1) is 39.3. The van der Waals surface area contributed by atoms with E-state index in [9.17, 15) is 14.4 Å². The second-order valence-electron chi connectivity index (χ2n) is 11.5. The molecule has 0 bridgehead atoms. The first-order chi connectivity index (χ1) is 21.5. The number of unbranched alkanes of at least 4 members (excludes halogenated alkanes) is 14. The van der Waals surface area contributed by atoms with Crippen molar-refractivity contribution in [2.45, 2.75) is 143 Å². The molecule has 44 heavy (non-hydrogen) atoms. The van der Waals surface area contributed by atoms with E-state index in [1.165, 1.54) is 90.4 Å². The first-order valence-electron chi connectivity index (χ1n) is 17.4.